The number of rotatable bonds is 6. The summed E-state index contributed by atoms with van der Waals surface area (Å²) >= 11 is 0. The number of aliphatic hydroxyl groups excluding tert-OH is 1. The smallest absolute Gasteiger partial charge is 0.394 e. The van der Waals surface area contributed by atoms with Gasteiger partial charge in [-0.25, -0.2) is 4.39 Å². The summed E-state index contributed by atoms with van der Waals surface area (Å²) in [6, 6.07) is 4.45. The van der Waals surface area contributed by atoms with E-state index in [1.807, 2.05) is 0 Å². The van der Waals surface area contributed by atoms with Gasteiger partial charge in [-0.1, -0.05) is 24.3 Å². The van der Waals surface area contributed by atoms with Gasteiger partial charge in [-0.2, -0.15) is 28.1 Å². The van der Waals surface area contributed by atoms with Gasteiger partial charge < -0.3 is 10.4 Å². The van der Waals surface area contributed by atoms with Gasteiger partial charge in [0.25, 0.3) is 11.5 Å². The van der Waals surface area contributed by atoms with Crippen LogP contribution >= 0.6 is 0 Å². The van der Waals surface area contributed by atoms with E-state index >= 15 is 0 Å². The molecule has 3 rings (SSSR count). The fourth-order valence-corrected chi connectivity index (χ4v) is 2.72. The Morgan fingerprint density at radius 2 is 1.94 bits per heavy atom. The zero-order chi connectivity index (χ0) is 22.8. The molecule has 0 aliphatic rings. The van der Waals surface area contributed by atoms with Crippen LogP contribution in [0.5, 0.6) is 0 Å². The molecule has 0 bridgehead atoms. The average Bonchev–Trinajstić information content (AvgIpc) is 3.17. The molecule has 164 valence electrons. The van der Waals surface area contributed by atoms with Crippen LogP contribution in [0.2, 0.25) is 0 Å². The molecule has 0 saturated carbocycles. The normalized spacial score (nSPS) is 12.6. The van der Waals surface area contributed by atoms with Crippen LogP contribution in [0.25, 0.3) is 16.9 Å². The lowest BCUT2D eigenvalue weighted by molar-refractivity contribution is -0.161. The lowest BCUT2D eigenvalue weighted by Crippen LogP contribution is -2.49. The number of nitrogens with zero attached hydrogens (tertiary/aromatic N) is 4. The molecule has 0 fully saturated rings. The molecule has 0 spiro atoms. The number of nitrogens with one attached hydrogen (secondary N) is 1. The maximum atomic E-state index is 12.9. The highest BCUT2D eigenvalue weighted by Crippen LogP contribution is 2.21. The lowest BCUT2D eigenvalue weighted by atomic mass is 10.1. The molecule has 2 aromatic heterocycles. The molecule has 0 saturated heterocycles. The second-order valence-corrected chi connectivity index (χ2v) is 6.61. The molecule has 1 atom stereocenters. The zero-order valence-corrected chi connectivity index (χ0v) is 16.1. The molecular formula is C19H17F4N5O3. The van der Waals surface area contributed by atoms with Crippen molar-refractivity contribution in [3.63, 3.8) is 0 Å². The summed E-state index contributed by atoms with van der Waals surface area (Å²) in [4.78, 5) is 25.4. The van der Waals surface area contributed by atoms with E-state index in [9.17, 15) is 27.2 Å². The van der Waals surface area contributed by atoms with Crippen molar-refractivity contribution < 1.29 is 27.5 Å². The molecule has 0 aliphatic carbocycles. The first-order valence-corrected chi connectivity index (χ1v) is 8.91. The van der Waals surface area contributed by atoms with Crippen molar-refractivity contribution in [2.45, 2.75) is 18.9 Å². The van der Waals surface area contributed by atoms with Gasteiger partial charge in [-0.05, 0) is 11.6 Å². The Balaban J connectivity index is 2.13. The van der Waals surface area contributed by atoms with Crippen molar-refractivity contribution in [3.8, 4) is 16.9 Å². The molecular weight excluding hydrogens is 422 g/mol. The van der Waals surface area contributed by atoms with Gasteiger partial charge in [0.1, 0.15) is 24.0 Å². The third kappa shape index (κ3) is 4.79. The Morgan fingerprint density at radius 3 is 2.45 bits per heavy atom. The maximum Gasteiger partial charge on any atom is 0.410 e. The molecule has 0 radical (unpaired) electrons. The Hall–Kier alpha value is -3.54. The third-order valence-corrected chi connectivity index (χ3v) is 4.38. The van der Waals surface area contributed by atoms with E-state index in [2.05, 4.69) is 10.2 Å². The highest BCUT2D eigenvalue weighted by molar-refractivity contribution is 5.95. The van der Waals surface area contributed by atoms with Crippen LogP contribution in [-0.4, -0.2) is 49.4 Å². The van der Waals surface area contributed by atoms with Crippen molar-refractivity contribution in [1.82, 2.24) is 24.9 Å². The number of hydrogen-bond donors (Lipinski definition) is 2. The number of amides is 1. The van der Waals surface area contributed by atoms with E-state index in [1.54, 1.807) is 12.4 Å². The molecule has 3 aromatic rings. The van der Waals surface area contributed by atoms with Gasteiger partial charge in [0.05, 0.1) is 24.7 Å². The molecule has 12 heteroatoms. The topological polar surface area (TPSA) is 102 Å². The SMILES string of the molecule is Cn1cc(-n2nc(-c3ccc(CF)cc3)cc(C(=O)NC(CO)C(F)(F)F)c2=O)cn1. The van der Waals surface area contributed by atoms with Crippen LogP contribution in [0.3, 0.4) is 0 Å². The number of aromatic nitrogens is 4. The van der Waals surface area contributed by atoms with Crippen molar-refractivity contribution in [2.75, 3.05) is 6.61 Å². The van der Waals surface area contributed by atoms with Crippen molar-refractivity contribution in [2.24, 2.45) is 7.05 Å². The summed E-state index contributed by atoms with van der Waals surface area (Å²) in [5, 5.41) is 18.7. The Bertz CT molecular complexity index is 1140. The second-order valence-electron chi connectivity index (χ2n) is 6.61. The number of carbonyl (C=O) groups excluding carboxylic acids is 1. The molecule has 1 amide bonds. The average molecular weight is 439 g/mol. The summed E-state index contributed by atoms with van der Waals surface area (Å²) in [5.74, 6) is -1.33. The fraction of sp³-hybridized carbons (Fsp3) is 0.263. The molecule has 2 N–H and O–H groups in total. The van der Waals surface area contributed by atoms with Crippen LogP contribution in [0.15, 0.2) is 47.5 Å². The zero-order valence-electron chi connectivity index (χ0n) is 16.1. The Labute approximate surface area is 172 Å². The monoisotopic (exact) mass is 439 g/mol. The van der Waals surface area contributed by atoms with E-state index in [-0.39, 0.29) is 11.4 Å². The highest BCUT2D eigenvalue weighted by atomic mass is 19.4. The second kappa shape index (κ2) is 8.68. The highest BCUT2D eigenvalue weighted by Gasteiger charge is 2.40. The van der Waals surface area contributed by atoms with Crippen molar-refractivity contribution in [1.29, 1.82) is 0 Å². The van der Waals surface area contributed by atoms with Crippen molar-refractivity contribution >= 4 is 5.91 Å². The number of benzene rings is 1. The van der Waals surface area contributed by atoms with E-state index in [4.69, 9.17) is 5.11 Å². The number of carbonyl (C=O) groups is 1. The molecule has 0 aliphatic heterocycles. The van der Waals surface area contributed by atoms with Crippen LogP contribution in [0, 0.1) is 0 Å². The maximum absolute atomic E-state index is 12.9. The first-order valence-electron chi connectivity index (χ1n) is 8.91. The van der Waals surface area contributed by atoms with Gasteiger partial charge >= 0.3 is 6.18 Å². The van der Waals surface area contributed by atoms with Gasteiger partial charge in [-0.15, -0.1) is 0 Å². The summed E-state index contributed by atoms with van der Waals surface area (Å²) in [7, 11) is 1.58. The van der Waals surface area contributed by atoms with Gasteiger partial charge in [0.15, 0.2) is 0 Å². The van der Waals surface area contributed by atoms with Crippen molar-refractivity contribution in [3.05, 3.63) is 64.2 Å². The van der Waals surface area contributed by atoms with Crippen LogP contribution in [-0.2, 0) is 13.7 Å². The standard InChI is InChI=1S/C19H17F4N5O3/c1-27-9-13(8-24-27)28-18(31)14(17(30)25-16(10-29)19(21,22)23)6-15(26-28)12-4-2-11(7-20)3-5-12/h2-6,8-9,16,29H,7,10H2,1H3,(H,25,30). The molecule has 8 nitrogen and oxygen atoms in total. The van der Waals surface area contributed by atoms with Crippen LogP contribution in [0.1, 0.15) is 15.9 Å². The van der Waals surface area contributed by atoms with E-state index in [1.165, 1.54) is 41.3 Å². The minimum absolute atomic E-state index is 0.0894. The summed E-state index contributed by atoms with van der Waals surface area (Å²) in [6.45, 7) is -2.09. The summed E-state index contributed by atoms with van der Waals surface area (Å²) in [5.41, 5.74) is -0.541. The number of aryl methyl sites for hydroxylation is 1. The number of halogens is 4. The fourth-order valence-electron chi connectivity index (χ4n) is 2.72. The minimum atomic E-state index is -4.91. The van der Waals surface area contributed by atoms with Gasteiger partial charge in [0, 0.05) is 12.6 Å². The largest absolute Gasteiger partial charge is 0.410 e. The lowest BCUT2D eigenvalue weighted by Gasteiger charge is -2.19. The van der Waals surface area contributed by atoms with Gasteiger partial charge in [-0.3, -0.25) is 14.3 Å². The first kappa shape index (κ1) is 22.2. The third-order valence-electron chi connectivity index (χ3n) is 4.38. The Kier molecular flexibility index (Phi) is 6.20. The number of aliphatic hydroxyl groups is 1. The molecule has 1 aromatic carbocycles. The summed E-state index contributed by atoms with van der Waals surface area (Å²) in [6.07, 6.45) is -2.19. The molecule has 31 heavy (non-hydrogen) atoms. The number of alkyl halides is 4. The predicted molar refractivity (Wildman–Crippen MR) is 101 cm³/mol. The predicted octanol–water partition coefficient (Wildman–Crippen LogP) is 1.76. The quantitative estimate of drug-likeness (QED) is 0.570. The van der Waals surface area contributed by atoms with Crippen LogP contribution < -0.4 is 10.9 Å². The van der Waals surface area contributed by atoms with Gasteiger partial charge in [0.2, 0.25) is 0 Å². The van der Waals surface area contributed by atoms with Crippen LogP contribution in [0.4, 0.5) is 17.6 Å². The summed E-state index contributed by atoms with van der Waals surface area (Å²) < 4.78 is 53.8. The molecule has 2 heterocycles. The molecule has 1 unspecified atom stereocenters. The first-order chi connectivity index (χ1) is 14.6. The van der Waals surface area contributed by atoms with E-state index in [0.717, 1.165) is 10.7 Å². The van der Waals surface area contributed by atoms with E-state index < -0.39 is 42.5 Å². The Morgan fingerprint density at radius 1 is 1.26 bits per heavy atom. The number of hydrogen-bond acceptors (Lipinski definition) is 5. The minimum Gasteiger partial charge on any atom is -0.394 e. The van der Waals surface area contributed by atoms with E-state index in [0.29, 0.717) is 11.1 Å².